The molecule has 16 heavy (non-hydrogen) atoms. The number of piperidine rings is 1. The summed E-state index contributed by atoms with van der Waals surface area (Å²) in [5, 5.41) is 6.23. The Morgan fingerprint density at radius 2 is 2.12 bits per heavy atom. The van der Waals surface area contributed by atoms with E-state index in [2.05, 4.69) is 10.6 Å². The molecular formula is C11H17ClN2O2. The molecule has 1 amide bonds. The summed E-state index contributed by atoms with van der Waals surface area (Å²) in [7, 11) is 0. The van der Waals surface area contributed by atoms with Crippen LogP contribution >= 0.6 is 12.4 Å². The third kappa shape index (κ3) is 3.25. The van der Waals surface area contributed by atoms with Crippen molar-refractivity contribution in [2.45, 2.75) is 25.8 Å². The lowest BCUT2D eigenvalue weighted by atomic mass is 10.1. The zero-order chi connectivity index (χ0) is 10.7. The highest BCUT2D eigenvalue weighted by Crippen LogP contribution is 2.08. The van der Waals surface area contributed by atoms with Gasteiger partial charge in [0.25, 0.3) is 5.91 Å². The molecule has 0 bridgehead atoms. The van der Waals surface area contributed by atoms with E-state index in [-0.39, 0.29) is 24.4 Å². The summed E-state index contributed by atoms with van der Waals surface area (Å²) in [5.41, 5.74) is 0. The van der Waals surface area contributed by atoms with Gasteiger partial charge >= 0.3 is 0 Å². The predicted octanol–water partition coefficient (Wildman–Crippen LogP) is 1.49. The van der Waals surface area contributed by atoms with E-state index in [4.69, 9.17) is 4.42 Å². The van der Waals surface area contributed by atoms with Gasteiger partial charge in [-0.05, 0) is 45.0 Å². The minimum Gasteiger partial charge on any atom is -0.456 e. The van der Waals surface area contributed by atoms with Crippen LogP contribution in [0.2, 0.25) is 0 Å². The molecule has 2 heterocycles. The van der Waals surface area contributed by atoms with Crippen LogP contribution in [-0.2, 0) is 0 Å². The molecule has 90 valence electrons. The molecule has 1 aromatic rings. The predicted molar refractivity (Wildman–Crippen MR) is 64.1 cm³/mol. The van der Waals surface area contributed by atoms with Crippen LogP contribution in [0.25, 0.3) is 0 Å². The monoisotopic (exact) mass is 244 g/mol. The van der Waals surface area contributed by atoms with Crippen molar-refractivity contribution in [3.05, 3.63) is 23.7 Å². The number of hydrogen-bond acceptors (Lipinski definition) is 3. The molecular weight excluding hydrogens is 228 g/mol. The lowest BCUT2D eigenvalue weighted by molar-refractivity contribution is 0.0900. The maximum absolute atomic E-state index is 11.7. The SMILES string of the molecule is Cc1ccc(C(=O)NC2CCNCC2)o1.Cl. The number of halogens is 1. The fraction of sp³-hybridized carbons (Fsp3) is 0.545. The van der Waals surface area contributed by atoms with Gasteiger partial charge in [-0.25, -0.2) is 0 Å². The number of furan rings is 1. The van der Waals surface area contributed by atoms with E-state index in [9.17, 15) is 4.79 Å². The lowest BCUT2D eigenvalue weighted by Gasteiger charge is -2.23. The van der Waals surface area contributed by atoms with Gasteiger partial charge < -0.3 is 15.1 Å². The van der Waals surface area contributed by atoms with Crippen LogP contribution in [0.3, 0.4) is 0 Å². The van der Waals surface area contributed by atoms with E-state index in [1.54, 1.807) is 12.1 Å². The molecule has 0 radical (unpaired) electrons. The first kappa shape index (κ1) is 13.1. The van der Waals surface area contributed by atoms with Gasteiger partial charge in [-0.2, -0.15) is 0 Å². The minimum atomic E-state index is -0.102. The van der Waals surface area contributed by atoms with Gasteiger partial charge in [0.2, 0.25) is 0 Å². The summed E-state index contributed by atoms with van der Waals surface area (Å²) in [6.07, 6.45) is 1.98. The number of nitrogens with one attached hydrogen (secondary N) is 2. The second-order valence-electron chi connectivity index (χ2n) is 3.91. The van der Waals surface area contributed by atoms with E-state index in [0.717, 1.165) is 31.7 Å². The van der Waals surface area contributed by atoms with Crippen molar-refractivity contribution < 1.29 is 9.21 Å². The largest absolute Gasteiger partial charge is 0.456 e. The molecule has 1 fully saturated rings. The number of hydrogen-bond donors (Lipinski definition) is 2. The molecule has 2 N–H and O–H groups in total. The highest BCUT2D eigenvalue weighted by molar-refractivity contribution is 5.91. The molecule has 1 aliphatic rings. The van der Waals surface area contributed by atoms with E-state index >= 15 is 0 Å². The molecule has 0 atom stereocenters. The van der Waals surface area contributed by atoms with Crippen LogP contribution in [0.5, 0.6) is 0 Å². The fourth-order valence-electron chi connectivity index (χ4n) is 1.78. The van der Waals surface area contributed by atoms with Crippen LogP contribution in [0, 0.1) is 6.92 Å². The van der Waals surface area contributed by atoms with Gasteiger partial charge in [-0.15, -0.1) is 12.4 Å². The van der Waals surface area contributed by atoms with Gasteiger partial charge in [0.15, 0.2) is 5.76 Å². The van der Waals surface area contributed by atoms with Crippen LogP contribution < -0.4 is 10.6 Å². The van der Waals surface area contributed by atoms with Crippen molar-refractivity contribution in [1.82, 2.24) is 10.6 Å². The normalized spacial score (nSPS) is 16.6. The molecule has 0 aliphatic carbocycles. The summed E-state index contributed by atoms with van der Waals surface area (Å²) in [6.45, 7) is 3.78. The summed E-state index contributed by atoms with van der Waals surface area (Å²) < 4.78 is 5.26. The van der Waals surface area contributed by atoms with Crippen molar-refractivity contribution in [1.29, 1.82) is 0 Å². The molecule has 0 spiro atoms. The van der Waals surface area contributed by atoms with Crippen molar-refractivity contribution in [2.24, 2.45) is 0 Å². The average Bonchev–Trinajstić information content (AvgIpc) is 2.66. The topological polar surface area (TPSA) is 54.3 Å². The summed E-state index contributed by atoms with van der Waals surface area (Å²) in [4.78, 5) is 11.7. The van der Waals surface area contributed by atoms with Crippen LogP contribution in [0.15, 0.2) is 16.5 Å². The highest BCUT2D eigenvalue weighted by atomic mass is 35.5. The highest BCUT2D eigenvalue weighted by Gasteiger charge is 2.17. The van der Waals surface area contributed by atoms with Gasteiger partial charge in [-0.3, -0.25) is 4.79 Å². The van der Waals surface area contributed by atoms with Gasteiger partial charge in [-0.1, -0.05) is 0 Å². The van der Waals surface area contributed by atoms with E-state index < -0.39 is 0 Å². The molecule has 0 aromatic carbocycles. The van der Waals surface area contributed by atoms with E-state index in [1.807, 2.05) is 6.92 Å². The standard InChI is InChI=1S/C11H16N2O2.ClH/c1-8-2-3-10(15-8)11(14)13-9-4-6-12-7-5-9;/h2-3,9,12H,4-7H2,1H3,(H,13,14);1H. The molecule has 1 aromatic heterocycles. The summed E-state index contributed by atoms with van der Waals surface area (Å²) in [6, 6.07) is 3.80. The smallest absolute Gasteiger partial charge is 0.287 e. The van der Waals surface area contributed by atoms with Crippen LogP contribution in [-0.4, -0.2) is 25.0 Å². The molecule has 0 unspecified atom stereocenters. The van der Waals surface area contributed by atoms with Crippen molar-refractivity contribution in [3.63, 3.8) is 0 Å². The second-order valence-corrected chi connectivity index (χ2v) is 3.91. The second kappa shape index (κ2) is 5.92. The Morgan fingerprint density at radius 1 is 1.44 bits per heavy atom. The molecule has 2 rings (SSSR count). The molecule has 1 aliphatic heterocycles. The number of amides is 1. The number of carbonyl (C=O) groups excluding carboxylic acids is 1. The summed E-state index contributed by atoms with van der Waals surface area (Å²) in [5.74, 6) is 1.08. The quantitative estimate of drug-likeness (QED) is 0.829. The Kier molecular flexibility index (Phi) is 4.83. The molecule has 1 saturated heterocycles. The van der Waals surface area contributed by atoms with Crippen molar-refractivity contribution in [2.75, 3.05) is 13.1 Å². The number of aryl methyl sites for hydroxylation is 1. The van der Waals surface area contributed by atoms with Gasteiger partial charge in [0, 0.05) is 6.04 Å². The zero-order valence-electron chi connectivity index (χ0n) is 9.29. The first-order chi connectivity index (χ1) is 7.25. The third-order valence-electron chi connectivity index (χ3n) is 2.64. The number of rotatable bonds is 2. The van der Waals surface area contributed by atoms with Gasteiger partial charge in [0.05, 0.1) is 0 Å². The Balaban J connectivity index is 0.00000128. The Labute approximate surface area is 101 Å². The van der Waals surface area contributed by atoms with Crippen molar-refractivity contribution >= 4 is 18.3 Å². The van der Waals surface area contributed by atoms with Crippen LogP contribution in [0.4, 0.5) is 0 Å². The van der Waals surface area contributed by atoms with Crippen LogP contribution in [0.1, 0.15) is 29.2 Å². The molecule has 0 saturated carbocycles. The maximum atomic E-state index is 11.7. The Morgan fingerprint density at radius 3 is 2.69 bits per heavy atom. The first-order valence-electron chi connectivity index (χ1n) is 5.34. The average molecular weight is 245 g/mol. The Bertz CT molecular complexity index is 346. The Hall–Kier alpha value is -1.00. The first-order valence-corrected chi connectivity index (χ1v) is 5.34. The van der Waals surface area contributed by atoms with Crippen molar-refractivity contribution in [3.8, 4) is 0 Å². The van der Waals surface area contributed by atoms with E-state index in [1.165, 1.54) is 0 Å². The lowest BCUT2D eigenvalue weighted by Crippen LogP contribution is -2.42. The number of carbonyl (C=O) groups is 1. The van der Waals surface area contributed by atoms with Gasteiger partial charge in [0.1, 0.15) is 5.76 Å². The summed E-state index contributed by atoms with van der Waals surface area (Å²) >= 11 is 0. The third-order valence-corrected chi connectivity index (χ3v) is 2.64. The zero-order valence-corrected chi connectivity index (χ0v) is 10.1. The molecule has 5 heteroatoms. The minimum absolute atomic E-state index is 0. The molecule has 4 nitrogen and oxygen atoms in total. The maximum Gasteiger partial charge on any atom is 0.287 e. The fourth-order valence-corrected chi connectivity index (χ4v) is 1.78. The van der Waals surface area contributed by atoms with E-state index in [0.29, 0.717) is 5.76 Å².